The molecule has 5 atom stereocenters. The number of ketones is 1. The molecule has 0 aromatic rings. The van der Waals surface area contributed by atoms with Crippen LogP contribution in [-0.4, -0.2) is 51.8 Å². The monoisotopic (exact) mass is 378 g/mol. The molecule has 1 fully saturated rings. The molecule has 0 spiro atoms. The Morgan fingerprint density at radius 2 is 2.07 bits per heavy atom. The van der Waals surface area contributed by atoms with Crippen molar-refractivity contribution in [2.45, 2.75) is 64.4 Å². The first-order valence-corrected chi connectivity index (χ1v) is 8.83. The number of carbonyl (C=O) groups is 3. The molecule has 7 heteroatoms. The summed E-state index contributed by atoms with van der Waals surface area (Å²) < 4.78 is 10.9. The number of rotatable bonds is 2. The number of Topliss-reactive ketones (excluding diaryl/α,β-unsaturated/α-hetero) is 1. The summed E-state index contributed by atoms with van der Waals surface area (Å²) in [6.45, 7) is 9.91. The highest BCUT2D eigenvalue weighted by Crippen LogP contribution is 2.37. The van der Waals surface area contributed by atoms with Gasteiger partial charge in [0, 0.05) is 24.0 Å². The zero-order chi connectivity index (χ0) is 20.5. The molecule has 0 aromatic heterocycles. The van der Waals surface area contributed by atoms with E-state index in [-0.39, 0.29) is 18.4 Å². The van der Waals surface area contributed by atoms with Gasteiger partial charge in [-0.05, 0) is 39.3 Å². The highest BCUT2D eigenvalue weighted by atomic mass is 16.6. The minimum atomic E-state index is -1.86. The Bertz CT molecular complexity index is 729. The topological polar surface area (TPSA) is 110 Å². The Labute approximate surface area is 158 Å². The molecule has 2 N–H and O–H groups in total. The molecule has 0 saturated carbocycles. The highest BCUT2D eigenvalue weighted by molar-refractivity contribution is 5.92. The number of fused-ring (bicyclic) bond motifs is 1. The molecule has 7 nitrogen and oxygen atoms in total. The smallest absolute Gasteiger partial charge is 0.334 e. The molecule has 27 heavy (non-hydrogen) atoms. The number of aliphatic hydroxyl groups excluding tert-OH is 1. The van der Waals surface area contributed by atoms with Crippen LogP contribution in [0.15, 0.2) is 35.5 Å². The lowest BCUT2D eigenvalue weighted by molar-refractivity contribution is -0.156. The molecule has 2 aliphatic rings. The van der Waals surface area contributed by atoms with Crippen molar-refractivity contribution in [3.63, 3.8) is 0 Å². The van der Waals surface area contributed by atoms with Gasteiger partial charge in [0.15, 0.2) is 5.78 Å². The van der Waals surface area contributed by atoms with Crippen molar-refractivity contribution in [3.8, 4) is 0 Å². The second-order valence-electron chi connectivity index (χ2n) is 7.37. The van der Waals surface area contributed by atoms with Gasteiger partial charge in [-0.3, -0.25) is 4.79 Å². The molecule has 1 aliphatic carbocycles. The van der Waals surface area contributed by atoms with E-state index in [9.17, 15) is 24.6 Å². The second-order valence-corrected chi connectivity index (χ2v) is 7.37. The van der Waals surface area contributed by atoms with Crippen molar-refractivity contribution in [1.29, 1.82) is 0 Å². The van der Waals surface area contributed by atoms with Crippen molar-refractivity contribution in [2.24, 2.45) is 5.92 Å². The van der Waals surface area contributed by atoms with E-state index in [2.05, 4.69) is 6.58 Å². The van der Waals surface area contributed by atoms with Crippen molar-refractivity contribution < 1.29 is 34.1 Å². The summed E-state index contributed by atoms with van der Waals surface area (Å²) in [6.07, 6.45) is -0.346. The first kappa shape index (κ1) is 21.1. The standard InChI is InChI=1S/C20H26O7/c1-6-10(2)18(23)27-15-9-20(5,25)16(22)8-13(21)11(3)7-14-17(15)12(4)19(24)26-14/h6-7,13-15,17,21,25H,4,8-9H2,1-3,5H3/b10-6+,11-7+/t13-,14+,15+,17?,20?/m0/s1. The first-order valence-electron chi connectivity index (χ1n) is 8.83. The molecule has 2 rings (SSSR count). The lowest BCUT2D eigenvalue weighted by Crippen LogP contribution is -2.46. The third-order valence-electron chi connectivity index (χ3n) is 5.21. The van der Waals surface area contributed by atoms with Crippen LogP contribution < -0.4 is 0 Å². The van der Waals surface area contributed by atoms with Crippen LogP contribution in [0.25, 0.3) is 0 Å². The Morgan fingerprint density at radius 3 is 2.67 bits per heavy atom. The predicted molar refractivity (Wildman–Crippen MR) is 96.4 cm³/mol. The molecule has 0 amide bonds. The summed E-state index contributed by atoms with van der Waals surface area (Å²) in [7, 11) is 0. The minimum absolute atomic E-state index is 0.0956. The molecule has 148 valence electrons. The maximum atomic E-state index is 12.5. The fourth-order valence-electron chi connectivity index (χ4n) is 3.20. The molecule has 1 aliphatic heterocycles. The molecular formula is C20H26O7. The van der Waals surface area contributed by atoms with Gasteiger partial charge in [0.1, 0.15) is 17.8 Å². The minimum Gasteiger partial charge on any atom is -0.458 e. The van der Waals surface area contributed by atoms with E-state index in [1.165, 1.54) is 6.92 Å². The van der Waals surface area contributed by atoms with Crippen molar-refractivity contribution in [1.82, 2.24) is 0 Å². The molecule has 2 unspecified atom stereocenters. The average molecular weight is 378 g/mol. The van der Waals surface area contributed by atoms with Gasteiger partial charge in [0.25, 0.3) is 0 Å². The zero-order valence-electron chi connectivity index (χ0n) is 16.0. The summed E-state index contributed by atoms with van der Waals surface area (Å²) in [6, 6.07) is 0. The Kier molecular flexibility index (Phi) is 6.07. The summed E-state index contributed by atoms with van der Waals surface area (Å²) in [5.74, 6) is -2.61. The highest BCUT2D eigenvalue weighted by Gasteiger charge is 2.48. The van der Waals surface area contributed by atoms with E-state index in [0.717, 1.165) is 0 Å². The predicted octanol–water partition coefficient (Wildman–Crippen LogP) is 1.38. The van der Waals surface area contributed by atoms with Gasteiger partial charge in [-0.15, -0.1) is 0 Å². The van der Waals surface area contributed by atoms with Crippen LogP contribution in [0.5, 0.6) is 0 Å². The Hall–Kier alpha value is -2.25. The van der Waals surface area contributed by atoms with E-state index in [1.54, 1.807) is 32.9 Å². The van der Waals surface area contributed by atoms with Crippen LogP contribution in [0.1, 0.15) is 40.5 Å². The number of hydrogen-bond donors (Lipinski definition) is 2. The lowest BCUT2D eigenvalue weighted by atomic mass is 9.79. The fourth-order valence-corrected chi connectivity index (χ4v) is 3.20. The Balaban J connectivity index is 2.52. The first-order chi connectivity index (χ1) is 12.5. The third-order valence-corrected chi connectivity index (χ3v) is 5.21. The molecular weight excluding hydrogens is 352 g/mol. The number of aliphatic hydroxyl groups is 2. The van der Waals surface area contributed by atoms with Crippen LogP contribution in [0.3, 0.4) is 0 Å². The van der Waals surface area contributed by atoms with Crippen LogP contribution >= 0.6 is 0 Å². The van der Waals surface area contributed by atoms with Gasteiger partial charge in [-0.1, -0.05) is 12.7 Å². The average Bonchev–Trinajstić information content (AvgIpc) is 2.86. The van der Waals surface area contributed by atoms with E-state index in [4.69, 9.17) is 9.47 Å². The zero-order valence-corrected chi connectivity index (χ0v) is 16.0. The third kappa shape index (κ3) is 4.36. The fraction of sp³-hybridized carbons (Fsp3) is 0.550. The molecule has 0 aromatic carbocycles. The number of ether oxygens (including phenoxy) is 2. The van der Waals surface area contributed by atoms with Gasteiger partial charge in [-0.2, -0.15) is 0 Å². The SMILES string of the molecule is C=C1C(=O)O[C@@H]2/C=C(\C)[C@@H](O)CC(=O)C(C)(O)C[C@@H](OC(=O)/C(C)=C/C)C12. The molecule has 0 bridgehead atoms. The van der Waals surface area contributed by atoms with Gasteiger partial charge >= 0.3 is 11.9 Å². The summed E-state index contributed by atoms with van der Waals surface area (Å²) in [5.41, 5.74) is -0.983. The number of allylic oxidation sites excluding steroid dienone is 1. The van der Waals surface area contributed by atoms with Crippen molar-refractivity contribution >= 4 is 17.7 Å². The summed E-state index contributed by atoms with van der Waals surface area (Å²) in [5, 5.41) is 20.9. The normalized spacial score (nSPS) is 37.2. The van der Waals surface area contributed by atoms with Gasteiger partial charge in [0.2, 0.25) is 0 Å². The van der Waals surface area contributed by atoms with Gasteiger partial charge in [0.05, 0.1) is 12.0 Å². The molecule has 1 saturated heterocycles. The van der Waals surface area contributed by atoms with Gasteiger partial charge in [-0.25, -0.2) is 9.59 Å². The van der Waals surface area contributed by atoms with Crippen molar-refractivity contribution in [2.75, 3.05) is 0 Å². The number of carbonyl (C=O) groups excluding carboxylic acids is 3. The second kappa shape index (κ2) is 7.78. The van der Waals surface area contributed by atoms with Gasteiger partial charge < -0.3 is 19.7 Å². The van der Waals surface area contributed by atoms with Crippen molar-refractivity contribution in [3.05, 3.63) is 35.5 Å². The van der Waals surface area contributed by atoms with E-state index >= 15 is 0 Å². The summed E-state index contributed by atoms with van der Waals surface area (Å²) >= 11 is 0. The molecule has 1 heterocycles. The van der Waals surface area contributed by atoms with E-state index in [1.807, 2.05) is 0 Å². The van der Waals surface area contributed by atoms with Crippen LogP contribution in [0.2, 0.25) is 0 Å². The summed E-state index contributed by atoms with van der Waals surface area (Å²) in [4.78, 5) is 36.8. The maximum absolute atomic E-state index is 12.5. The number of esters is 2. The largest absolute Gasteiger partial charge is 0.458 e. The Morgan fingerprint density at radius 1 is 1.44 bits per heavy atom. The van der Waals surface area contributed by atoms with E-state index in [0.29, 0.717) is 11.1 Å². The van der Waals surface area contributed by atoms with Crippen LogP contribution in [-0.2, 0) is 23.9 Å². The van der Waals surface area contributed by atoms with Crippen LogP contribution in [0.4, 0.5) is 0 Å². The maximum Gasteiger partial charge on any atom is 0.334 e. The van der Waals surface area contributed by atoms with Crippen LogP contribution in [0, 0.1) is 5.92 Å². The quantitative estimate of drug-likeness (QED) is 0.424. The lowest BCUT2D eigenvalue weighted by Gasteiger charge is -2.33. The number of hydrogen-bond acceptors (Lipinski definition) is 7. The van der Waals surface area contributed by atoms with E-state index < -0.39 is 47.6 Å². The molecule has 0 radical (unpaired) electrons.